The second kappa shape index (κ2) is 5.92. The van der Waals surface area contributed by atoms with E-state index in [1.165, 1.54) is 24.3 Å². The van der Waals surface area contributed by atoms with Gasteiger partial charge >= 0.3 is 5.97 Å². The van der Waals surface area contributed by atoms with E-state index in [9.17, 15) is 20.0 Å². The maximum absolute atomic E-state index is 11.3. The van der Waals surface area contributed by atoms with E-state index in [0.29, 0.717) is 11.8 Å². The molecular weight excluding hydrogens is 294 g/mol. The highest BCUT2D eigenvalue weighted by atomic mass is 79.9. The van der Waals surface area contributed by atoms with E-state index in [4.69, 9.17) is 4.74 Å². The number of halogens is 1. The smallest absolute Gasteiger partial charge is 0.347 e. The summed E-state index contributed by atoms with van der Waals surface area (Å²) in [7, 11) is 0. The Bertz CT molecular complexity index is 368. The minimum atomic E-state index is -1.90. The second-order valence-corrected chi connectivity index (χ2v) is 4.26. The standard InChI is InChI=1S/C10H12BrNO5/c11-6-3-7-17-10(9(13)14)5-2-1-4-8(10)12(15)16/h1-2,4-5,8H,3,6-7H2,(H,13,14). The predicted octanol–water partition coefficient (Wildman–Crippen LogP) is 1.38. The highest BCUT2D eigenvalue weighted by Crippen LogP contribution is 2.26. The quantitative estimate of drug-likeness (QED) is 0.346. The van der Waals surface area contributed by atoms with E-state index in [1.54, 1.807) is 0 Å². The van der Waals surface area contributed by atoms with Crippen molar-refractivity contribution in [1.82, 2.24) is 0 Å². The van der Waals surface area contributed by atoms with Gasteiger partial charge in [0, 0.05) is 16.9 Å². The molecule has 1 N–H and O–H groups in total. The molecule has 1 aliphatic carbocycles. The number of nitro groups is 1. The minimum absolute atomic E-state index is 0.139. The van der Waals surface area contributed by atoms with Crippen LogP contribution in [0.25, 0.3) is 0 Å². The summed E-state index contributed by atoms with van der Waals surface area (Å²) in [5.74, 6) is -1.35. The molecule has 1 aliphatic rings. The Morgan fingerprint density at radius 3 is 2.82 bits per heavy atom. The first-order valence-electron chi connectivity index (χ1n) is 4.97. The van der Waals surface area contributed by atoms with Crippen LogP contribution in [0.1, 0.15) is 6.42 Å². The summed E-state index contributed by atoms with van der Waals surface area (Å²) < 4.78 is 5.24. The molecule has 0 spiro atoms. The van der Waals surface area contributed by atoms with E-state index in [1.807, 2.05) is 0 Å². The Labute approximate surface area is 106 Å². The Morgan fingerprint density at radius 1 is 1.59 bits per heavy atom. The van der Waals surface area contributed by atoms with Gasteiger partial charge in [-0.3, -0.25) is 10.1 Å². The van der Waals surface area contributed by atoms with Crippen LogP contribution >= 0.6 is 15.9 Å². The average Bonchev–Trinajstić information content (AvgIpc) is 2.29. The van der Waals surface area contributed by atoms with Crippen LogP contribution in [0.15, 0.2) is 24.3 Å². The predicted molar refractivity (Wildman–Crippen MR) is 63.8 cm³/mol. The van der Waals surface area contributed by atoms with Crippen molar-refractivity contribution >= 4 is 21.9 Å². The molecule has 0 aliphatic heterocycles. The van der Waals surface area contributed by atoms with E-state index < -0.39 is 22.5 Å². The number of rotatable bonds is 6. The molecule has 0 aromatic rings. The molecule has 1 rings (SSSR count). The third-order valence-electron chi connectivity index (χ3n) is 2.37. The number of allylic oxidation sites excluding steroid dienone is 2. The van der Waals surface area contributed by atoms with E-state index in [0.717, 1.165) is 0 Å². The minimum Gasteiger partial charge on any atom is -0.479 e. The lowest BCUT2D eigenvalue weighted by Gasteiger charge is -2.28. The third-order valence-corrected chi connectivity index (χ3v) is 2.93. The van der Waals surface area contributed by atoms with Crippen molar-refractivity contribution in [2.24, 2.45) is 0 Å². The number of carbonyl (C=O) groups is 1. The second-order valence-electron chi connectivity index (χ2n) is 3.46. The van der Waals surface area contributed by atoms with Crippen LogP contribution in [0.3, 0.4) is 0 Å². The van der Waals surface area contributed by atoms with Crippen LogP contribution < -0.4 is 0 Å². The maximum atomic E-state index is 11.3. The van der Waals surface area contributed by atoms with Crippen LogP contribution in [0.5, 0.6) is 0 Å². The first kappa shape index (κ1) is 13.9. The zero-order chi connectivity index (χ0) is 12.9. The van der Waals surface area contributed by atoms with Crippen molar-refractivity contribution < 1.29 is 19.6 Å². The van der Waals surface area contributed by atoms with Crippen molar-refractivity contribution in [3.05, 3.63) is 34.4 Å². The SMILES string of the molecule is O=C(O)C1(OCCCBr)C=CC=CC1[N+](=O)[O-]. The number of carboxylic acids is 1. The van der Waals surface area contributed by atoms with Gasteiger partial charge in [0.15, 0.2) is 0 Å². The fourth-order valence-corrected chi connectivity index (χ4v) is 1.75. The van der Waals surface area contributed by atoms with Crippen molar-refractivity contribution in [3.63, 3.8) is 0 Å². The first-order valence-corrected chi connectivity index (χ1v) is 6.09. The normalized spacial score (nSPS) is 27.0. The molecule has 2 atom stereocenters. The summed E-state index contributed by atoms with van der Waals surface area (Å²) in [6, 6.07) is -1.40. The van der Waals surface area contributed by atoms with Gasteiger partial charge < -0.3 is 9.84 Å². The highest BCUT2D eigenvalue weighted by Gasteiger charge is 2.52. The molecule has 94 valence electrons. The summed E-state index contributed by atoms with van der Waals surface area (Å²) >= 11 is 3.18. The van der Waals surface area contributed by atoms with Crippen LogP contribution in [0.2, 0.25) is 0 Å². The molecule has 2 unspecified atom stereocenters. The molecule has 0 heterocycles. The van der Waals surface area contributed by atoms with Gasteiger partial charge in [0.2, 0.25) is 0 Å². The van der Waals surface area contributed by atoms with Crippen molar-refractivity contribution in [1.29, 1.82) is 0 Å². The van der Waals surface area contributed by atoms with Gasteiger partial charge in [-0.25, -0.2) is 4.79 Å². The van der Waals surface area contributed by atoms with Gasteiger partial charge in [-0.1, -0.05) is 28.1 Å². The monoisotopic (exact) mass is 305 g/mol. The molecule has 0 saturated heterocycles. The summed E-state index contributed by atoms with van der Waals surface area (Å²) in [6.45, 7) is 0.139. The highest BCUT2D eigenvalue weighted by molar-refractivity contribution is 9.09. The zero-order valence-electron chi connectivity index (χ0n) is 8.91. The van der Waals surface area contributed by atoms with Crippen LogP contribution in [0, 0.1) is 10.1 Å². The maximum Gasteiger partial charge on any atom is 0.347 e. The number of hydrogen-bond donors (Lipinski definition) is 1. The van der Waals surface area contributed by atoms with Gasteiger partial charge in [-0.15, -0.1) is 0 Å². The molecule has 0 amide bonds. The summed E-state index contributed by atoms with van der Waals surface area (Å²) in [6.07, 6.45) is 5.92. The number of carboxylic acid groups (broad SMARTS) is 1. The van der Waals surface area contributed by atoms with E-state index >= 15 is 0 Å². The van der Waals surface area contributed by atoms with Gasteiger partial charge in [-0.2, -0.15) is 0 Å². The van der Waals surface area contributed by atoms with Crippen molar-refractivity contribution in [2.75, 3.05) is 11.9 Å². The number of aliphatic carboxylic acids is 1. The largest absolute Gasteiger partial charge is 0.479 e. The Morgan fingerprint density at radius 2 is 2.29 bits per heavy atom. The lowest BCUT2D eigenvalue weighted by atomic mass is 9.90. The molecule has 6 nitrogen and oxygen atoms in total. The lowest BCUT2D eigenvalue weighted by molar-refractivity contribution is -0.526. The fourth-order valence-electron chi connectivity index (χ4n) is 1.52. The zero-order valence-corrected chi connectivity index (χ0v) is 10.5. The number of ether oxygens (including phenoxy) is 1. The van der Waals surface area contributed by atoms with Gasteiger partial charge in [-0.05, 0) is 18.6 Å². The molecule has 0 bridgehead atoms. The Hall–Kier alpha value is -1.21. The first-order chi connectivity index (χ1) is 8.04. The molecule has 0 radical (unpaired) electrons. The summed E-state index contributed by atoms with van der Waals surface area (Å²) in [5.41, 5.74) is -1.90. The molecular formula is C10H12BrNO5. The van der Waals surface area contributed by atoms with Gasteiger partial charge in [0.1, 0.15) is 0 Å². The molecule has 0 fully saturated rings. The molecule has 0 aromatic carbocycles. The Kier molecular flexibility index (Phi) is 4.83. The van der Waals surface area contributed by atoms with Crippen LogP contribution in [-0.2, 0) is 9.53 Å². The van der Waals surface area contributed by atoms with Crippen molar-refractivity contribution in [2.45, 2.75) is 18.1 Å². The van der Waals surface area contributed by atoms with Gasteiger partial charge in [0.25, 0.3) is 11.6 Å². The average molecular weight is 306 g/mol. The van der Waals surface area contributed by atoms with Crippen molar-refractivity contribution in [3.8, 4) is 0 Å². The van der Waals surface area contributed by atoms with Crippen LogP contribution in [0.4, 0.5) is 0 Å². The third kappa shape index (κ3) is 2.92. The molecule has 17 heavy (non-hydrogen) atoms. The molecule has 0 aromatic heterocycles. The summed E-state index contributed by atoms with van der Waals surface area (Å²) in [5, 5.41) is 20.7. The summed E-state index contributed by atoms with van der Waals surface area (Å²) in [4.78, 5) is 21.5. The lowest BCUT2D eigenvalue weighted by Crippen LogP contribution is -2.53. The van der Waals surface area contributed by atoms with E-state index in [-0.39, 0.29) is 6.61 Å². The van der Waals surface area contributed by atoms with Gasteiger partial charge in [0.05, 0.1) is 0 Å². The Balaban J connectivity index is 2.95. The van der Waals surface area contributed by atoms with E-state index in [2.05, 4.69) is 15.9 Å². The molecule has 7 heteroatoms. The topological polar surface area (TPSA) is 89.7 Å². The number of nitrogens with zero attached hydrogens (tertiary/aromatic N) is 1. The molecule has 0 saturated carbocycles. The number of alkyl halides is 1. The fraction of sp³-hybridized carbons (Fsp3) is 0.500. The van der Waals surface area contributed by atoms with Crippen LogP contribution in [-0.4, -0.2) is 39.6 Å². The number of hydrogen-bond acceptors (Lipinski definition) is 4.